The van der Waals surface area contributed by atoms with Crippen molar-refractivity contribution >= 4 is 58.4 Å². The second-order valence-corrected chi connectivity index (χ2v) is 9.72. The fraction of sp³-hybridized carbons (Fsp3) is 0.261. The number of hydrogen-bond donors (Lipinski definition) is 3. The normalized spacial score (nSPS) is 11.8. The van der Waals surface area contributed by atoms with E-state index in [9.17, 15) is 14.4 Å². The van der Waals surface area contributed by atoms with Crippen LogP contribution in [0.2, 0.25) is 10.0 Å². The molecule has 9 nitrogen and oxygen atoms in total. The number of halogens is 2. The van der Waals surface area contributed by atoms with Crippen LogP contribution >= 0.6 is 35.0 Å². The minimum Gasteiger partial charge on any atom is -0.478 e. The summed E-state index contributed by atoms with van der Waals surface area (Å²) in [6, 6.07) is 10.1. The lowest BCUT2D eigenvalue weighted by Crippen LogP contribution is -2.33. The van der Waals surface area contributed by atoms with Crippen molar-refractivity contribution in [3.63, 3.8) is 0 Å². The predicted molar refractivity (Wildman–Crippen MR) is 135 cm³/mol. The predicted octanol–water partition coefficient (Wildman–Crippen LogP) is 4.68. The van der Waals surface area contributed by atoms with Gasteiger partial charge in [0.25, 0.3) is 5.91 Å². The molecule has 3 aromatic rings. The Hall–Kier alpha value is -3.08. The van der Waals surface area contributed by atoms with E-state index in [1.807, 2.05) is 13.8 Å². The van der Waals surface area contributed by atoms with E-state index in [0.29, 0.717) is 27.3 Å². The zero-order valence-electron chi connectivity index (χ0n) is 19.1. The van der Waals surface area contributed by atoms with Crippen LogP contribution in [0.4, 0.5) is 5.69 Å². The number of hydrogen-bond acceptors (Lipinski definition) is 6. The fourth-order valence-electron chi connectivity index (χ4n) is 3.17. The standard InChI is InChI=1S/C23H23Cl2N5O4S/c1-12(2)19(27-21(32)16-9-6-14(24)10-17(16)25)20-28-29-23(30(20)3)35-11-18(31)26-15-7-4-13(5-8-15)22(33)34/h4-10,12,19H,11H2,1-3H3,(H,26,31)(H,27,32)(H,33,34)/t19-/m1/s1. The van der Waals surface area contributed by atoms with Crippen molar-refractivity contribution in [2.45, 2.75) is 25.0 Å². The molecule has 2 amide bonds. The van der Waals surface area contributed by atoms with Gasteiger partial charge in [-0.3, -0.25) is 9.59 Å². The number of carboxylic acid groups (broad SMARTS) is 1. The number of carboxylic acids is 1. The summed E-state index contributed by atoms with van der Waals surface area (Å²) in [4.78, 5) is 36.1. The number of benzene rings is 2. The van der Waals surface area contributed by atoms with Crippen LogP contribution in [0.25, 0.3) is 0 Å². The maximum absolute atomic E-state index is 12.8. The summed E-state index contributed by atoms with van der Waals surface area (Å²) >= 11 is 13.3. The first-order chi connectivity index (χ1) is 16.6. The van der Waals surface area contributed by atoms with Crippen LogP contribution in [-0.2, 0) is 11.8 Å². The number of rotatable bonds is 9. The average Bonchev–Trinajstić information content (AvgIpc) is 3.16. The van der Waals surface area contributed by atoms with Gasteiger partial charge in [-0.2, -0.15) is 0 Å². The SMILES string of the molecule is CC(C)[C@@H](NC(=O)c1ccc(Cl)cc1Cl)c1nnc(SCC(=O)Nc2ccc(C(=O)O)cc2)n1C. The van der Waals surface area contributed by atoms with Gasteiger partial charge >= 0.3 is 5.97 Å². The van der Waals surface area contributed by atoms with Gasteiger partial charge in [-0.05, 0) is 48.4 Å². The second-order valence-electron chi connectivity index (χ2n) is 7.94. The Kier molecular flexibility index (Phi) is 8.76. The summed E-state index contributed by atoms with van der Waals surface area (Å²) in [6.07, 6.45) is 0. The molecule has 0 aliphatic carbocycles. The van der Waals surface area contributed by atoms with Crippen LogP contribution in [-0.4, -0.2) is 43.4 Å². The topological polar surface area (TPSA) is 126 Å². The molecule has 3 rings (SSSR count). The number of nitrogens with one attached hydrogen (secondary N) is 2. The molecule has 0 unspecified atom stereocenters. The minimum absolute atomic E-state index is 0.0113. The molecule has 0 aliphatic heterocycles. The van der Waals surface area contributed by atoms with E-state index in [4.69, 9.17) is 28.3 Å². The van der Waals surface area contributed by atoms with E-state index >= 15 is 0 Å². The molecule has 0 aliphatic rings. The van der Waals surface area contributed by atoms with Crippen molar-refractivity contribution in [2.75, 3.05) is 11.1 Å². The highest BCUT2D eigenvalue weighted by atomic mass is 35.5. The highest BCUT2D eigenvalue weighted by Gasteiger charge is 2.26. The molecular weight excluding hydrogens is 513 g/mol. The first kappa shape index (κ1) is 26.5. The number of carbonyl (C=O) groups excluding carboxylic acids is 2. The van der Waals surface area contributed by atoms with Gasteiger partial charge in [0.15, 0.2) is 11.0 Å². The summed E-state index contributed by atoms with van der Waals surface area (Å²) in [5.74, 6) is -1.10. The molecule has 184 valence electrons. The summed E-state index contributed by atoms with van der Waals surface area (Å²) in [6.45, 7) is 3.89. The number of amides is 2. The van der Waals surface area contributed by atoms with Gasteiger partial charge in [0.2, 0.25) is 5.91 Å². The lowest BCUT2D eigenvalue weighted by atomic mass is 10.0. The first-order valence-corrected chi connectivity index (χ1v) is 12.2. The van der Waals surface area contributed by atoms with Gasteiger partial charge in [-0.15, -0.1) is 10.2 Å². The van der Waals surface area contributed by atoms with Crippen LogP contribution in [0, 0.1) is 5.92 Å². The monoisotopic (exact) mass is 535 g/mol. The number of aromatic carboxylic acids is 1. The smallest absolute Gasteiger partial charge is 0.335 e. The second kappa shape index (κ2) is 11.6. The molecule has 0 spiro atoms. The third-order valence-electron chi connectivity index (χ3n) is 5.02. The highest BCUT2D eigenvalue weighted by Crippen LogP contribution is 2.26. The van der Waals surface area contributed by atoms with E-state index in [2.05, 4.69) is 20.8 Å². The van der Waals surface area contributed by atoms with E-state index < -0.39 is 12.0 Å². The Balaban J connectivity index is 1.66. The van der Waals surface area contributed by atoms with Crippen LogP contribution in [0.3, 0.4) is 0 Å². The molecule has 0 saturated carbocycles. The van der Waals surface area contributed by atoms with E-state index in [-0.39, 0.29) is 34.1 Å². The number of nitrogens with zero attached hydrogens (tertiary/aromatic N) is 3. The van der Waals surface area contributed by atoms with Gasteiger partial charge in [0, 0.05) is 17.8 Å². The summed E-state index contributed by atoms with van der Waals surface area (Å²) in [5.41, 5.74) is 0.920. The number of thioether (sulfide) groups is 1. The maximum atomic E-state index is 12.8. The number of aromatic nitrogens is 3. The quantitative estimate of drug-likeness (QED) is 0.339. The van der Waals surface area contributed by atoms with Crippen molar-refractivity contribution in [2.24, 2.45) is 13.0 Å². The molecule has 35 heavy (non-hydrogen) atoms. The molecule has 0 fully saturated rings. The Labute approximate surface area is 216 Å². The van der Waals surface area contributed by atoms with Crippen LogP contribution < -0.4 is 10.6 Å². The molecule has 0 radical (unpaired) electrons. The zero-order valence-corrected chi connectivity index (χ0v) is 21.4. The molecule has 2 aromatic carbocycles. The summed E-state index contributed by atoms with van der Waals surface area (Å²) < 4.78 is 1.73. The van der Waals surface area contributed by atoms with E-state index in [1.54, 1.807) is 23.7 Å². The molecule has 3 N–H and O–H groups in total. The average molecular weight is 536 g/mol. The molecular formula is C23H23Cl2N5O4S. The number of anilines is 1. The van der Waals surface area contributed by atoms with Gasteiger partial charge in [-0.25, -0.2) is 4.79 Å². The molecule has 1 heterocycles. The van der Waals surface area contributed by atoms with Gasteiger partial charge < -0.3 is 20.3 Å². The Morgan fingerprint density at radius 3 is 2.37 bits per heavy atom. The lowest BCUT2D eigenvalue weighted by Gasteiger charge is -2.22. The van der Waals surface area contributed by atoms with Gasteiger partial charge in [0.1, 0.15) is 0 Å². The maximum Gasteiger partial charge on any atom is 0.335 e. The zero-order chi connectivity index (χ0) is 25.7. The summed E-state index contributed by atoms with van der Waals surface area (Å²) in [5, 5.41) is 24.2. The Morgan fingerprint density at radius 2 is 1.77 bits per heavy atom. The Morgan fingerprint density at radius 1 is 1.09 bits per heavy atom. The van der Waals surface area contributed by atoms with Crippen molar-refractivity contribution in [3.8, 4) is 0 Å². The van der Waals surface area contributed by atoms with E-state index in [0.717, 1.165) is 0 Å². The number of carbonyl (C=O) groups is 3. The van der Waals surface area contributed by atoms with Gasteiger partial charge in [-0.1, -0.05) is 48.8 Å². The third-order valence-corrected chi connectivity index (χ3v) is 6.59. The molecule has 1 atom stereocenters. The minimum atomic E-state index is -1.04. The lowest BCUT2D eigenvalue weighted by molar-refractivity contribution is -0.113. The van der Waals surface area contributed by atoms with Crippen LogP contribution in [0.15, 0.2) is 47.6 Å². The van der Waals surface area contributed by atoms with Crippen molar-refractivity contribution in [1.29, 1.82) is 0 Å². The first-order valence-electron chi connectivity index (χ1n) is 10.5. The van der Waals surface area contributed by atoms with Gasteiger partial charge in [0.05, 0.1) is 27.9 Å². The fourth-order valence-corrected chi connectivity index (χ4v) is 4.38. The van der Waals surface area contributed by atoms with E-state index in [1.165, 1.54) is 42.1 Å². The largest absolute Gasteiger partial charge is 0.478 e. The van der Waals surface area contributed by atoms with Crippen molar-refractivity contribution in [1.82, 2.24) is 20.1 Å². The van der Waals surface area contributed by atoms with Crippen LogP contribution in [0.1, 0.15) is 46.4 Å². The highest BCUT2D eigenvalue weighted by molar-refractivity contribution is 7.99. The Bertz CT molecular complexity index is 1250. The molecule has 1 aromatic heterocycles. The third kappa shape index (κ3) is 6.74. The van der Waals surface area contributed by atoms with Crippen molar-refractivity contribution in [3.05, 3.63) is 69.5 Å². The van der Waals surface area contributed by atoms with Crippen LogP contribution in [0.5, 0.6) is 0 Å². The molecule has 12 heteroatoms. The molecule has 0 bridgehead atoms. The summed E-state index contributed by atoms with van der Waals surface area (Å²) in [7, 11) is 1.76. The molecule has 0 saturated heterocycles. The van der Waals surface area contributed by atoms with Crippen molar-refractivity contribution < 1.29 is 19.5 Å².